The first-order valence-electron chi connectivity index (χ1n) is 9.48. The van der Waals surface area contributed by atoms with Gasteiger partial charge in [-0.25, -0.2) is 0 Å². The van der Waals surface area contributed by atoms with Gasteiger partial charge in [0, 0.05) is 11.7 Å². The minimum atomic E-state index is -0.266. The van der Waals surface area contributed by atoms with Crippen LogP contribution in [0.5, 0.6) is 0 Å². The standard InChI is InChI=1S/C21H24N4OS2/c1-12-10-13(2)18(14(3)11-12)22-20(26)15(4)28-21-24-23-19(17-6-5-9-27-17)25(21)16-7-8-16/h5-6,9-11,15-16H,7-8H2,1-4H3,(H,22,26)/t15-/m1/s1. The van der Waals surface area contributed by atoms with Crippen molar-refractivity contribution < 1.29 is 4.79 Å². The van der Waals surface area contributed by atoms with Crippen molar-refractivity contribution in [2.75, 3.05) is 5.32 Å². The maximum absolute atomic E-state index is 12.9. The monoisotopic (exact) mass is 412 g/mol. The van der Waals surface area contributed by atoms with Gasteiger partial charge < -0.3 is 5.32 Å². The summed E-state index contributed by atoms with van der Waals surface area (Å²) < 4.78 is 2.21. The second kappa shape index (κ2) is 7.72. The van der Waals surface area contributed by atoms with Crippen molar-refractivity contribution in [2.24, 2.45) is 0 Å². The highest BCUT2D eigenvalue weighted by Crippen LogP contribution is 2.42. The average molecular weight is 413 g/mol. The summed E-state index contributed by atoms with van der Waals surface area (Å²) in [6, 6.07) is 8.74. The Labute approximate surface area is 173 Å². The minimum Gasteiger partial charge on any atom is -0.325 e. The Morgan fingerprint density at radius 1 is 1.25 bits per heavy atom. The van der Waals surface area contributed by atoms with E-state index in [0.29, 0.717) is 6.04 Å². The summed E-state index contributed by atoms with van der Waals surface area (Å²) in [5.41, 5.74) is 4.29. The third kappa shape index (κ3) is 3.86. The molecule has 1 amide bonds. The van der Waals surface area contributed by atoms with Crippen molar-refractivity contribution in [2.45, 2.75) is 57.0 Å². The van der Waals surface area contributed by atoms with Gasteiger partial charge in [0.25, 0.3) is 0 Å². The van der Waals surface area contributed by atoms with Crippen LogP contribution in [0.3, 0.4) is 0 Å². The zero-order valence-corrected chi connectivity index (χ0v) is 18.2. The first kappa shape index (κ1) is 19.2. The van der Waals surface area contributed by atoms with Crippen LogP contribution in [0, 0.1) is 20.8 Å². The van der Waals surface area contributed by atoms with Gasteiger partial charge in [0.2, 0.25) is 5.91 Å². The molecule has 1 aliphatic carbocycles. The second-order valence-corrected chi connectivity index (χ2v) is 9.66. The number of carbonyl (C=O) groups excluding carboxylic acids is 1. The molecule has 1 aromatic carbocycles. The zero-order chi connectivity index (χ0) is 19.8. The number of hydrogen-bond acceptors (Lipinski definition) is 5. The van der Waals surface area contributed by atoms with Crippen LogP contribution in [0.2, 0.25) is 0 Å². The van der Waals surface area contributed by atoms with E-state index in [0.717, 1.165) is 45.5 Å². The first-order chi connectivity index (χ1) is 13.4. The van der Waals surface area contributed by atoms with Crippen molar-refractivity contribution >= 4 is 34.7 Å². The van der Waals surface area contributed by atoms with E-state index in [1.54, 1.807) is 11.3 Å². The summed E-state index contributed by atoms with van der Waals surface area (Å²) in [7, 11) is 0. The molecule has 0 aliphatic heterocycles. The SMILES string of the molecule is Cc1cc(C)c(NC(=O)[C@@H](C)Sc2nnc(-c3cccs3)n2C2CC2)c(C)c1. The lowest BCUT2D eigenvalue weighted by atomic mass is 10.1. The Morgan fingerprint density at radius 2 is 1.96 bits per heavy atom. The molecule has 1 atom stereocenters. The molecule has 0 spiro atoms. The molecule has 7 heteroatoms. The maximum Gasteiger partial charge on any atom is 0.237 e. The van der Waals surface area contributed by atoms with Crippen molar-refractivity contribution in [3.8, 4) is 10.7 Å². The molecule has 0 radical (unpaired) electrons. The number of thioether (sulfide) groups is 1. The summed E-state index contributed by atoms with van der Waals surface area (Å²) in [6.07, 6.45) is 2.29. The number of hydrogen-bond donors (Lipinski definition) is 1. The Bertz CT molecular complexity index is 983. The van der Waals surface area contributed by atoms with Gasteiger partial charge in [-0.2, -0.15) is 0 Å². The smallest absolute Gasteiger partial charge is 0.237 e. The van der Waals surface area contributed by atoms with E-state index in [1.807, 2.05) is 26.8 Å². The van der Waals surface area contributed by atoms with Gasteiger partial charge in [-0.05, 0) is 63.1 Å². The molecule has 2 aromatic heterocycles. The molecule has 1 N–H and O–H groups in total. The van der Waals surface area contributed by atoms with E-state index >= 15 is 0 Å². The van der Waals surface area contributed by atoms with Gasteiger partial charge in [-0.15, -0.1) is 21.5 Å². The van der Waals surface area contributed by atoms with Crippen LogP contribution < -0.4 is 5.32 Å². The van der Waals surface area contributed by atoms with Gasteiger partial charge >= 0.3 is 0 Å². The van der Waals surface area contributed by atoms with Crippen LogP contribution in [0.25, 0.3) is 10.7 Å². The fourth-order valence-corrected chi connectivity index (χ4v) is 5.03. The van der Waals surface area contributed by atoms with E-state index in [2.05, 4.69) is 50.6 Å². The lowest BCUT2D eigenvalue weighted by molar-refractivity contribution is -0.115. The fourth-order valence-electron chi connectivity index (χ4n) is 3.41. The Hall–Kier alpha value is -2.12. The summed E-state index contributed by atoms with van der Waals surface area (Å²) in [4.78, 5) is 14.0. The van der Waals surface area contributed by atoms with Crippen LogP contribution in [0.1, 0.15) is 42.5 Å². The van der Waals surface area contributed by atoms with Crippen molar-refractivity contribution in [3.05, 3.63) is 46.3 Å². The van der Waals surface area contributed by atoms with E-state index < -0.39 is 0 Å². The predicted molar refractivity (Wildman–Crippen MR) is 116 cm³/mol. The largest absolute Gasteiger partial charge is 0.325 e. The molecule has 0 saturated heterocycles. The highest BCUT2D eigenvalue weighted by molar-refractivity contribution is 8.00. The zero-order valence-electron chi connectivity index (χ0n) is 16.5. The molecule has 1 aliphatic rings. The number of nitrogens with one attached hydrogen (secondary N) is 1. The minimum absolute atomic E-state index is 0.0110. The number of amides is 1. The van der Waals surface area contributed by atoms with Gasteiger partial charge in [0.1, 0.15) is 0 Å². The molecule has 3 aromatic rings. The molecule has 4 rings (SSSR count). The summed E-state index contributed by atoms with van der Waals surface area (Å²) in [5.74, 6) is 0.904. The lowest BCUT2D eigenvalue weighted by Gasteiger charge is -2.16. The molecule has 0 unspecified atom stereocenters. The second-order valence-electron chi connectivity index (χ2n) is 7.41. The Morgan fingerprint density at radius 3 is 2.57 bits per heavy atom. The number of nitrogens with zero attached hydrogens (tertiary/aromatic N) is 3. The Balaban J connectivity index is 1.53. The molecule has 2 heterocycles. The molecular formula is C21H24N4OS2. The quantitative estimate of drug-likeness (QED) is 0.552. The number of anilines is 1. The summed E-state index contributed by atoms with van der Waals surface area (Å²) >= 11 is 3.15. The molecule has 1 saturated carbocycles. The molecule has 146 valence electrons. The van der Waals surface area contributed by atoms with Gasteiger partial charge in [0.15, 0.2) is 11.0 Å². The van der Waals surface area contributed by atoms with Gasteiger partial charge in [-0.1, -0.05) is 35.5 Å². The van der Waals surface area contributed by atoms with E-state index in [4.69, 9.17) is 0 Å². The summed E-state index contributed by atoms with van der Waals surface area (Å²) in [5, 5.41) is 14.6. The first-order valence-corrected chi connectivity index (χ1v) is 11.2. The maximum atomic E-state index is 12.9. The average Bonchev–Trinajstić information content (AvgIpc) is 3.16. The molecule has 28 heavy (non-hydrogen) atoms. The number of benzene rings is 1. The predicted octanol–water partition coefficient (Wildman–Crippen LogP) is 5.39. The van der Waals surface area contributed by atoms with Crippen molar-refractivity contribution in [1.82, 2.24) is 14.8 Å². The third-order valence-corrected chi connectivity index (χ3v) is 6.82. The van der Waals surface area contributed by atoms with E-state index in [9.17, 15) is 4.79 Å². The molecular weight excluding hydrogens is 388 g/mol. The van der Waals surface area contributed by atoms with Crippen LogP contribution in [0.15, 0.2) is 34.8 Å². The van der Waals surface area contributed by atoms with E-state index in [-0.39, 0.29) is 11.2 Å². The van der Waals surface area contributed by atoms with Crippen LogP contribution >= 0.6 is 23.1 Å². The summed E-state index contributed by atoms with van der Waals surface area (Å²) in [6.45, 7) is 8.06. The van der Waals surface area contributed by atoms with E-state index in [1.165, 1.54) is 17.3 Å². The number of aromatic nitrogens is 3. The third-order valence-electron chi connectivity index (χ3n) is 4.89. The van der Waals surface area contributed by atoms with Gasteiger partial charge in [-0.3, -0.25) is 9.36 Å². The van der Waals surface area contributed by atoms with Gasteiger partial charge in [0.05, 0.1) is 10.1 Å². The fraction of sp³-hybridized carbons (Fsp3) is 0.381. The number of aryl methyl sites for hydroxylation is 3. The normalized spacial score (nSPS) is 14.9. The lowest BCUT2D eigenvalue weighted by Crippen LogP contribution is -2.24. The highest BCUT2D eigenvalue weighted by atomic mass is 32.2. The van der Waals surface area contributed by atoms with Crippen LogP contribution in [0.4, 0.5) is 5.69 Å². The Kier molecular flexibility index (Phi) is 5.29. The topological polar surface area (TPSA) is 59.8 Å². The molecule has 5 nitrogen and oxygen atoms in total. The number of carbonyl (C=O) groups is 1. The molecule has 1 fully saturated rings. The molecule has 0 bridgehead atoms. The van der Waals surface area contributed by atoms with Crippen molar-refractivity contribution in [3.63, 3.8) is 0 Å². The van der Waals surface area contributed by atoms with Crippen LogP contribution in [-0.2, 0) is 4.79 Å². The number of rotatable bonds is 6. The van der Waals surface area contributed by atoms with Crippen molar-refractivity contribution in [1.29, 1.82) is 0 Å². The highest BCUT2D eigenvalue weighted by Gasteiger charge is 2.31. The van der Waals surface area contributed by atoms with Crippen LogP contribution in [-0.4, -0.2) is 25.9 Å². The number of thiophene rings is 1.